The lowest BCUT2D eigenvalue weighted by Crippen LogP contribution is -1.97. The van der Waals surface area contributed by atoms with Gasteiger partial charge in [0.25, 0.3) is 0 Å². The van der Waals surface area contributed by atoms with E-state index in [0.29, 0.717) is 5.58 Å². The summed E-state index contributed by atoms with van der Waals surface area (Å²) < 4.78 is 5.73. The molecule has 1 heterocycles. The fraction of sp³-hybridized carbons (Fsp3) is 0. The molecule has 0 aliphatic rings. The first-order valence-corrected chi connectivity index (χ1v) is 4.67. The summed E-state index contributed by atoms with van der Waals surface area (Å²) in [6.07, 6.45) is 0. The Balaban J connectivity index is 2.94. The average molecular weight is 288 g/mol. The summed E-state index contributed by atoms with van der Waals surface area (Å²) in [6.45, 7) is 0. The number of phenolic OH excluding ortho intramolecular Hbond substituents is 1. The second kappa shape index (κ2) is 3.02. The lowest BCUT2D eigenvalue weighted by Gasteiger charge is -1.98. The molecule has 0 aliphatic carbocycles. The van der Waals surface area contributed by atoms with Crippen LogP contribution in [0.1, 0.15) is 0 Å². The second-order valence-electron chi connectivity index (χ2n) is 2.59. The first kappa shape index (κ1) is 8.55. The molecule has 0 bridgehead atoms. The summed E-state index contributed by atoms with van der Waals surface area (Å²) in [5.41, 5.74) is 0.0133. The summed E-state index contributed by atoms with van der Waals surface area (Å²) in [5.74, 6) is 0.0950. The van der Waals surface area contributed by atoms with E-state index in [0.717, 1.165) is 8.96 Å². The van der Waals surface area contributed by atoms with Gasteiger partial charge < -0.3 is 9.52 Å². The molecule has 1 aromatic carbocycles. The van der Waals surface area contributed by atoms with Crippen LogP contribution in [-0.2, 0) is 0 Å². The van der Waals surface area contributed by atoms with Crippen molar-refractivity contribution in [3.63, 3.8) is 0 Å². The highest BCUT2D eigenvalue weighted by Gasteiger charge is 2.02. The summed E-state index contributed by atoms with van der Waals surface area (Å²) in [5, 5.41) is 9.98. The van der Waals surface area contributed by atoms with Crippen molar-refractivity contribution in [3.05, 3.63) is 38.3 Å². The maximum absolute atomic E-state index is 11.0. The number of benzene rings is 1. The van der Waals surface area contributed by atoms with Crippen molar-refractivity contribution >= 4 is 33.6 Å². The number of phenols is 1. The van der Waals surface area contributed by atoms with Gasteiger partial charge in [-0.2, -0.15) is 0 Å². The first-order valence-electron chi connectivity index (χ1n) is 3.59. The van der Waals surface area contributed by atoms with Crippen LogP contribution in [0.4, 0.5) is 0 Å². The predicted octanol–water partition coefficient (Wildman–Crippen LogP) is 2.10. The van der Waals surface area contributed by atoms with Gasteiger partial charge in [-0.05, 0) is 34.7 Å². The van der Waals surface area contributed by atoms with E-state index in [-0.39, 0.29) is 5.75 Å². The molecule has 3 nitrogen and oxygen atoms in total. The molecule has 0 radical (unpaired) electrons. The maximum atomic E-state index is 11.0. The molecule has 0 saturated heterocycles. The normalized spacial score (nSPS) is 10.5. The van der Waals surface area contributed by atoms with Crippen molar-refractivity contribution in [2.45, 2.75) is 0 Å². The zero-order valence-corrected chi connectivity index (χ0v) is 8.61. The Hall–Kier alpha value is -1.04. The molecule has 1 aromatic heterocycles. The Kier molecular flexibility index (Phi) is 1.99. The third-order valence-electron chi connectivity index (χ3n) is 1.68. The molecule has 2 rings (SSSR count). The van der Waals surface area contributed by atoms with Crippen LogP contribution in [0.25, 0.3) is 11.0 Å². The lowest BCUT2D eigenvalue weighted by molar-refractivity contribution is 0.473. The maximum Gasteiger partial charge on any atom is 0.337 e. The van der Waals surface area contributed by atoms with E-state index < -0.39 is 5.63 Å². The predicted molar refractivity (Wildman–Crippen MR) is 56.9 cm³/mol. The smallest absolute Gasteiger partial charge is 0.337 e. The van der Waals surface area contributed by atoms with Gasteiger partial charge in [-0.1, -0.05) is 0 Å². The zero-order chi connectivity index (χ0) is 9.42. The zero-order valence-electron chi connectivity index (χ0n) is 6.45. The number of rotatable bonds is 0. The minimum atomic E-state index is -0.400. The van der Waals surface area contributed by atoms with E-state index in [1.165, 1.54) is 12.1 Å². The molecule has 0 saturated carbocycles. The van der Waals surface area contributed by atoms with E-state index in [1.54, 1.807) is 12.1 Å². The van der Waals surface area contributed by atoms with Gasteiger partial charge in [-0.15, -0.1) is 0 Å². The highest BCUT2D eigenvalue weighted by molar-refractivity contribution is 14.1. The van der Waals surface area contributed by atoms with Gasteiger partial charge in [-0.25, -0.2) is 4.79 Å². The van der Waals surface area contributed by atoms with Crippen LogP contribution in [0.15, 0.2) is 33.5 Å². The minimum Gasteiger partial charge on any atom is -0.508 e. The van der Waals surface area contributed by atoms with Crippen LogP contribution in [-0.4, -0.2) is 5.11 Å². The Morgan fingerprint density at radius 3 is 2.85 bits per heavy atom. The molecule has 4 heteroatoms. The standard InChI is InChI=1S/C9H5IO3/c10-7-4-9(12)13-8-3-5(11)1-2-6(7)8/h1-4,11H. The molecule has 0 atom stereocenters. The fourth-order valence-corrected chi connectivity index (χ4v) is 1.81. The summed E-state index contributed by atoms with van der Waals surface area (Å²) >= 11 is 2.05. The molecule has 2 aromatic rings. The van der Waals surface area contributed by atoms with Gasteiger partial charge in [0.15, 0.2) is 0 Å². The molecule has 0 fully saturated rings. The van der Waals surface area contributed by atoms with Gasteiger partial charge in [0.1, 0.15) is 11.3 Å². The molecule has 0 amide bonds. The van der Waals surface area contributed by atoms with E-state index in [2.05, 4.69) is 22.6 Å². The van der Waals surface area contributed by atoms with E-state index in [1.807, 2.05) is 0 Å². The average Bonchev–Trinajstić information content (AvgIpc) is 2.02. The fourth-order valence-electron chi connectivity index (χ4n) is 1.11. The van der Waals surface area contributed by atoms with Gasteiger partial charge >= 0.3 is 5.63 Å². The number of halogens is 1. The van der Waals surface area contributed by atoms with Crippen LogP contribution in [0.3, 0.4) is 0 Å². The molecule has 0 spiro atoms. The van der Waals surface area contributed by atoms with E-state index in [4.69, 9.17) is 9.52 Å². The number of hydrogen-bond donors (Lipinski definition) is 1. The molecule has 1 N–H and O–H groups in total. The van der Waals surface area contributed by atoms with Gasteiger partial charge in [-0.3, -0.25) is 0 Å². The number of hydrogen-bond acceptors (Lipinski definition) is 3. The number of fused-ring (bicyclic) bond motifs is 1. The van der Waals surface area contributed by atoms with Gasteiger partial charge in [0.2, 0.25) is 0 Å². The Labute approximate surface area is 87.1 Å². The summed E-state index contributed by atoms with van der Waals surface area (Å²) in [4.78, 5) is 11.0. The molecule has 0 aliphatic heterocycles. The second-order valence-corrected chi connectivity index (χ2v) is 3.76. The first-order chi connectivity index (χ1) is 6.16. The Morgan fingerprint density at radius 2 is 2.08 bits per heavy atom. The van der Waals surface area contributed by atoms with Crippen molar-refractivity contribution in [3.8, 4) is 5.75 Å². The monoisotopic (exact) mass is 288 g/mol. The largest absolute Gasteiger partial charge is 0.508 e. The summed E-state index contributed by atoms with van der Waals surface area (Å²) in [7, 11) is 0. The van der Waals surface area contributed by atoms with Crippen LogP contribution in [0.5, 0.6) is 5.75 Å². The van der Waals surface area contributed by atoms with E-state index in [9.17, 15) is 4.79 Å². The SMILES string of the molecule is O=c1cc(I)c2ccc(O)cc2o1. The molecule has 66 valence electrons. The molecule has 0 unspecified atom stereocenters. The van der Waals surface area contributed by atoms with Gasteiger partial charge in [0, 0.05) is 21.1 Å². The summed E-state index contributed by atoms with van der Waals surface area (Å²) in [6, 6.07) is 6.12. The molecular weight excluding hydrogens is 283 g/mol. The third kappa shape index (κ3) is 1.53. The Morgan fingerprint density at radius 1 is 1.31 bits per heavy atom. The van der Waals surface area contributed by atoms with Crippen molar-refractivity contribution in [2.24, 2.45) is 0 Å². The molecular formula is C9H5IO3. The highest BCUT2D eigenvalue weighted by atomic mass is 127. The molecule has 13 heavy (non-hydrogen) atoms. The van der Waals surface area contributed by atoms with Crippen molar-refractivity contribution < 1.29 is 9.52 Å². The highest BCUT2D eigenvalue weighted by Crippen LogP contribution is 2.22. The van der Waals surface area contributed by atoms with Crippen LogP contribution in [0, 0.1) is 3.57 Å². The topological polar surface area (TPSA) is 50.4 Å². The van der Waals surface area contributed by atoms with Crippen LogP contribution in [0.2, 0.25) is 0 Å². The van der Waals surface area contributed by atoms with Crippen LogP contribution < -0.4 is 5.63 Å². The van der Waals surface area contributed by atoms with Crippen LogP contribution >= 0.6 is 22.6 Å². The van der Waals surface area contributed by atoms with Crippen molar-refractivity contribution in [2.75, 3.05) is 0 Å². The Bertz CT molecular complexity index is 516. The van der Waals surface area contributed by atoms with Crippen molar-refractivity contribution in [1.82, 2.24) is 0 Å². The van der Waals surface area contributed by atoms with Crippen molar-refractivity contribution in [1.29, 1.82) is 0 Å². The number of aromatic hydroxyl groups is 1. The quantitative estimate of drug-likeness (QED) is 0.596. The minimum absolute atomic E-state index is 0.0950. The lowest BCUT2D eigenvalue weighted by atomic mass is 10.2. The third-order valence-corrected chi connectivity index (χ3v) is 2.57. The van der Waals surface area contributed by atoms with Gasteiger partial charge in [0.05, 0.1) is 0 Å². The van der Waals surface area contributed by atoms with E-state index >= 15 is 0 Å².